The van der Waals surface area contributed by atoms with Gasteiger partial charge in [0.05, 0.1) is 0 Å². The van der Waals surface area contributed by atoms with Gasteiger partial charge in [0.25, 0.3) is 0 Å². The van der Waals surface area contributed by atoms with Gasteiger partial charge in [-0.1, -0.05) is 24.3 Å². The van der Waals surface area contributed by atoms with E-state index in [2.05, 4.69) is 10.5 Å². The average molecular weight is 216 g/mol. The minimum atomic E-state index is -0.429. The van der Waals surface area contributed by atoms with Gasteiger partial charge in [0.1, 0.15) is 5.82 Å². The van der Waals surface area contributed by atoms with Gasteiger partial charge in [0.2, 0.25) is 0 Å². The maximum atomic E-state index is 11.0. The molecule has 0 atom stereocenters. The molecule has 16 heavy (non-hydrogen) atoms. The monoisotopic (exact) mass is 216 g/mol. The highest BCUT2D eigenvalue weighted by Crippen LogP contribution is 2.17. The van der Waals surface area contributed by atoms with Crippen molar-refractivity contribution < 1.29 is 9.63 Å². The Morgan fingerprint density at radius 2 is 2.25 bits per heavy atom. The van der Waals surface area contributed by atoms with Crippen molar-refractivity contribution in [3.63, 3.8) is 0 Å². The van der Waals surface area contributed by atoms with Gasteiger partial charge < -0.3 is 9.82 Å². The molecule has 0 bridgehead atoms. The fraction of sp³-hybridized carbons (Fsp3) is 0.0833. The molecule has 1 aromatic heterocycles. The Bertz CT molecular complexity index is 496. The van der Waals surface area contributed by atoms with E-state index >= 15 is 0 Å². The summed E-state index contributed by atoms with van der Waals surface area (Å²) in [5, 5.41) is 1.06. The van der Waals surface area contributed by atoms with Crippen molar-refractivity contribution in [1.29, 1.82) is 0 Å². The van der Waals surface area contributed by atoms with E-state index in [9.17, 15) is 4.79 Å². The Kier molecular flexibility index (Phi) is 2.91. The maximum Gasteiger partial charge on any atom is 0.355 e. The molecule has 2 aromatic rings. The third kappa shape index (κ3) is 2.23. The number of benzene rings is 1. The zero-order chi connectivity index (χ0) is 11.4. The van der Waals surface area contributed by atoms with Crippen LogP contribution in [0.2, 0.25) is 0 Å². The lowest BCUT2D eigenvalue weighted by Gasteiger charge is -2.00. The molecular weight excluding hydrogens is 204 g/mol. The van der Waals surface area contributed by atoms with Crippen molar-refractivity contribution >= 4 is 22.7 Å². The van der Waals surface area contributed by atoms with Crippen LogP contribution >= 0.6 is 0 Å². The van der Waals surface area contributed by atoms with Crippen molar-refractivity contribution in [3.8, 4) is 0 Å². The Labute approximate surface area is 92.9 Å². The Morgan fingerprint density at radius 3 is 3.00 bits per heavy atom. The summed E-state index contributed by atoms with van der Waals surface area (Å²) in [4.78, 5) is 18.9. The summed E-state index contributed by atoms with van der Waals surface area (Å²) in [6, 6.07) is 9.69. The molecule has 0 spiro atoms. The molecular formula is C12H12N2O2. The summed E-state index contributed by atoms with van der Waals surface area (Å²) >= 11 is 0. The first-order valence-electron chi connectivity index (χ1n) is 4.97. The van der Waals surface area contributed by atoms with Crippen molar-refractivity contribution in [2.45, 2.75) is 6.92 Å². The molecule has 2 rings (SSSR count). The third-order valence-corrected chi connectivity index (χ3v) is 2.09. The number of para-hydroxylation sites is 1. The topological polar surface area (TPSA) is 54.1 Å². The van der Waals surface area contributed by atoms with Gasteiger partial charge >= 0.3 is 5.97 Å². The number of hydrogen-bond donors (Lipinski definition) is 2. The number of allylic oxidation sites excluding steroid dienone is 1. The van der Waals surface area contributed by atoms with Gasteiger partial charge in [-0.3, -0.25) is 0 Å². The van der Waals surface area contributed by atoms with Crippen LogP contribution in [0.1, 0.15) is 6.92 Å². The Hall–Kier alpha value is -2.23. The van der Waals surface area contributed by atoms with Crippen LogP contribution in [0.25, 0.3) is 10.9 Å². The minimum Gasteiger partial charge on any atom is -0.339 e. The van der Waals surface area contributed by atoms with Gasteiger partial charge in [-0.25, -0.2) is 10.3 Å². The number of H-pyrrole nitrogens is 1. The minimum absolute atomic E-state index is 0.429. The smallest absolute Gasteiger partial charge is 0.339 e. The van der Waals surface area contributed by atoms with Gasteiger partial charge in [-0.15, -0.1) is 0 Å². The van der Waals surface area contributed by atoms with Crippen LogP contribution in [-0.2, 0) is 9.63 Å². The summed E-state index contributed by atoms with van der Waals surface area (Å²) in [5.41, 5.74) is 3.55. The number of hydrogen-bond acceptors (Lipinski definition) is 3. The molecule has 4 nitrogen and oxygen atoms in total. The fourth-order valence-corrected chi connectivity index (χ4v) is 1.40. The van der Waals surface area contributed by atoms with Gasteiger partial charge in [0, 0.05) is 17.0 Å². The lowest BCUT2D eigenvalue weighted by atomic mass is 10.3. The second kappa shape index (κ2) is 4.53. The normalized spacial score (nSPS) is 10.8. The molecule has 1 heterocycles. The molecule has 0 aliphatic carbocycles. The quantitative estimate of drug-likeness (QED) is 0.612. The van der Waals surface area contributed by atoms with E-state index in [1.54, 1.807) is 13.0 Å². The Morgan fingerprint density at radius 1 is 1.44 bits per heavy atom. The SMILES string of the molecule is C/C=C/C(=O)ONc1cc2ccccc2[nH]1. The van der Waals surface area contributed by atoms with Crippen LogP contribution in [0.15, 0.2) is 42.5 Å². The summed E-state index contributed by atoms with van der Waals surface area (Å²) < 4.78 is 0. The molecule has 0 saturated heterocycles. The fourth-order valence-electron chi connectivity index (χ4n) is 1.40. The summed E-state index contributed by atoms with van der Waals surface area (Å²) in [6.45, 7) is 1.75. The van der Waals surface area contributed by atoms with Crippen molar-refractivity contribution in [2.75, 3.05) is 5.48 Å². The number of carbonyl (C=O) groups is 1. The first kappa shape index (κ1) is 10.3. The number of aromatic nitrogens is 1. The lowest BCUT2D eigenvalue weighted by Crippen LogP contribution is -2.07. The van der Waals surface area contributed by atoms with Crippen LogP contribution in [0, 0.1) is 0 Å². The zero-order valence-corrected chi connectivity index (χ0v) is 8.86. The molecule has 0 radical (unpaired) electrons. The first-order chi connectivity index (χ1) is 7.79. The molecule has 4 heteroatoms. The van der Waals surface area contributed by atoms with Crippen LogP contribution in [0.4, 0.5) is 5.82 Å². The Balaban J connectivity index is 2.07. The second-order valence-corrected chi connectivity index (χ2v) is 3.29. The van der Waals surface area contributed by atoms with Crippen LogP contribution in [-0.4, -0.2) is 11.0 Å². The summed E-state index contributed by atoms with van der Waals surface area (Å²) in [7, 11) is 0. The molecule has 0 saturated carbocycles. The summed E-state index contributed by atoms with van der Waals surface area (Å²) in [5.74, 6) is 0.222. The van der Waals surface area contributed by atoms with Gasteiger partial charge in [0.15, 0.2) is 0 Å². The largest absolute Gasteiger partial charge is 0.355 e. The van der Waals surface area contributed by atoms with E-state index in [1.165, 1.54) is 6.08 Å². The van der Waals surface area contributed by atoms with Crippen LogP contribution < -0.4 is 5.48 Å². The predicted octanol–water partition coefficient (Wildman–Crippen LogP) is 2.61. The molecule has 0 fully saturated rings. The maximum absolute atomic E-state index is 11.0. The standard InChI is InChI=1S/C12H12N2O2/c1-2-5-12(15)16-14-11-8-9-6-3-4-7-10(9)13-11/h2-8,13-14H,1H3/b5-2+. The van der Waals surface area contributed by atoms with Gasteiger partial charge in [-0.2, -0.15) is 0 Å². The zero-order valence-electron chi connectivity index (χ0n) is 8.86. The van der Waals surface area contributed by atoms with Crippen LogP contribution in [0.5, 0.6) is 0 Å². The highest BCUT2D eigenvalue weighted by Gasteiger charge is 2.01. The highest BCUT2D eigenvalue weighted by molar-refractivity contribution is 5.85. The van der Waals surface area contributed by atoms with E-state index in [1.807, 2.05) is 30.3 Å². The molecule has 2 N–H and O–H groups in total. The number of carbonyl (C=O) groups excluding carboxylic acids is 1. The first-order valence-corrected chi connectivity index (χ1v) is 4.97. The number of fused-ring (bicyclic) bond motifs is 1. The van der Waals surface area contributed by atoms with E-state index < -0.39 is 5.97 Å². The molecule has 0 aliphatic rings. The van der Waals surface area contributed by atoms with Crippen LogP contribution in [0.3, 0.4) is 0 Å². The highest BCUT2D eigenvalue weighted by atomic mass is 16.7. The summed E-state index contributed by atoms with van der Waals surface area (Å²) in [6.07, 6.45) is 2.96. The number of nitrogens with one attached hydrogen (secondary N) is 2. The molecule has 1 aromatic carbocycles. The van der Waals surface area contributed by atoms with E-state index in [4.69, 9.17) is 4.84 Å². The lowest BCUT2D eigenvalue weighted by molar-refractivity contribution is -0.134. The third-order valence-electron chi connectivity index (χ3n) is 2.09. The average Bonchev–Trinajstić information content (AvgIpc) is 2.69. The number of aromatic amines is 1. The predicted molar refractivity (Wildman–Crippen MR) is 62.8 cm³/mol. The molecule has 0 amide bonds. The van der Waals surface area contributed by atoms with E-state index in [-0.39, 0.29) is 0 Å². The number of anilines is 1. The molecule has 0 unspecified atom stereocenters. The van der Waals surface area contributed by atoms with Gasteiger partial charge in [-0.05, 0) is 19.1 Å². The van der Waals surface area contributed by atoms with Crippen molar-refractivity contribution in [1.82, 2.24) is 4.98 Å². The van der Waals surface area contributed by atoms with E-state index in [0.29, 0.717) is 5.82 Å². The molecule has 0 aliphatic heterocycles. The molecule has 82 valence electrons. The van der Waals surface area contributed by atoms with E-state index in [0.717, 1.165) is 10.9 Å². The van der Waals surface area contributed by atoms with Crippen molar-refractivity contribution in [2.24, 2.45) is 0 Å². The number of rotatable bonds is 3. The van der Waals surface area contributed by atoms with Crippen molar-refractivity contribution in [3.05, 3.63) is 42.5 Å². The second-order valence-electron chi connectivity index (χ2n) is 3.29.